The van der Waals surface area contributed by atoms with Crippen LogP contribution in [0.1, 0.15) is 36.2 Å². The highest BCUT2D eigenvalue weighted by molar-refractivity contribution is 5.86. The van der Waals surface area contributed by atoms with Gasteiger partial charge in [-0.2, -0.15) is 5.10 Å². The maximum Gasteiger partial charge on any atom is 0.407 e. The van der Waals surface area contributed by atoms with E-state index in [2.05, 4.69) is 20.1 Å². The number of aromatic nitrogens is 3. The van der Waals surface area contributed by atoms with E-state index in [1.54, 1.807) is 23.0 Å². The highest BCUT2D eigenvalue weighted by Crippen LogP contribution is 2.24. The van der Waals surface area contributed by atoms with Crippen LogP contribution in [0.5, 0.6) is 0 Å². The number of ketones is 1. The van der Waals surface area contributed by atoms with Crippen LogP contribution >= 0.6 is 0 Å². The van der Waals surface area contributed by atoms with Gasteiger partial charge in [-0.05, 0) is 41.8 Å². The Morgan fingerprint density at radius 2 is 1.85 bits per heavy atom. The van der Waals surface area contributed by atoms with Crippen LogP contribution in [-0.2, 0) is 22.5 Å². The molecule has 8 heteroatoms. The monoisotopic (exact) mass is 460 g/mol. The van der Waals surface area contributed by atoms with E-state index < -0.39 is 6.09 Å². The molecular weight excluding hydrogens is 435 g/mol. The second-order valence-corrected chi connectivity index (χ2v) is 8.11. The van der Waals surface area contributed by atoms with Crippen molar-refractivity contribution >= 4 is 22.8 Å². The van der Waals surface area contributed by atoms with E-state index in [4.69, 9.17) is 0 Å². The number of amides is 1. The number of ether oxygens (including phenoxy) is 1. The van der Waals surface area contributed by atoms with Crippen molar-refractivity contribution in [1.29, 1.82) is 0 Å². The fraction of sp³-hybridized carbons (Fsp3) is 0.231. The van der Waals surface area contributed by atoms with Gasteiger partial charge >= 0.3 is 6.09 Å². The molecule has 1 atom stereocenters. The number of hydrogen-bond acceptors (Lipinski definition) is 5. The van der Waals surface area contributed by atoms with Gasteiger partial charge in [0, 0.05) is 23.9 Å². The zero-order valence-electron chi connectivity index (χ0n) is 19.0. The van der Waals surface area contributed by atoms with Crippen LogP contribution < -0.4 is 5.32 Å². The molecule has 0 saturated heterocycles. The predicted molar refractivity (Wildman–Crippen MR) is 126 cm³/mol. The zero-order valence-corrected chi connectivity index (χ0v) is 19.0. The number of Topliss-reactive ketones (excluding diaryl/α,β-unsaturated/α-hetero) is 1. The van der Waals surface area contributed by atoms with E-state index in [1.807, 2.05) is 43.3 Å². The van der Waals surface area contributed by atoms with Crippen LogP contribution in [0.25, 0.3) is 16.6 Å². The first-order valence-corrected chi connectivity index (χ1v) is 11.0. The first-order valence-electron chi connectivity index (χ1n) is 11.0. The van der Waals surface area contributed by atoms with Crippen molar-refractivity contribution in [3.8, 4) is 5.69 Å². The van der Waals surface area contributed by atoms with E-state index in [1.165, 1.54) is 19.2 Å². The lowest BCUT2D eigenvalue weighted by Gasteiger charge is -2.12. The summed E-state index contributed by atoms with van der Waals surface area (Å²) in [6, 6.07) is 17.7. The summed E-state index contributed by atoms with van der Waals surface area (Å²) in [6.45, 7) is 2.11. The molecule has 0 saturated carbocycles. The highest BCUT2D eigenvalue weighted by Gasteiger charge is 2.17. The van der Waals surface area contributed by atoms with Crippen molar-refractivity contribution in [2.45, 2.75) is 32.2 Å². The molecule has 0 bridgehead atoms. The van der Waals surface area contributed by atoms with Crippen molar-refractivity contribution in [2.75, 3.05) is 7.11 Å². The first-order chi connectivity index (χ1) is 16.4. The number of pyridine rings is 1. The topological polar surface area (TPSA) is 86.1 Å². The number of fused-ring (bicyclic) bond motifs is 1. The molecule has 0 aliphatic heterocycles. The average Bonchev–Trinajstić information content (AvgIpc) is 3.27. The summed E-state index contributed by atoms with van der Waals surface area (Å²) in [6.07, 6.45) is 1.64. The largest absolute Gasteiger partial charge is 0.453 e. The molecule has 2 heterocycles. The normalized spacial score (nSPS) is 11.9. The van der Waals surface area contributed by atoms with Crippen LogP contribution in [0.4, 0.5) is 9.18 Å². The third kappa shape index (κ3) is 5.28. The number of nitrogens with zero attached hydrogens (tertiary/aromatic N) is 3. The Bertz CT molecular complexity index is 1300. The predicted octanol–water partition coefficient (Wildman–Crippen LogP) is 4.72. The van der Waals surface area contributed by atoms with Gasteiger partial charge in [-0.1, -0.05) is 37.3 Å². The highest BCUT2D eigenvalue weighted by atomic mass is 19.1. The van der Waals surface area contributed by atoms with E-state index in [0.29, 0.717) is 29.0 Å². The Labute approximate surface area is 196 Å². The smallest absolute Gasteiger partial charge is 0.407 e. The molecule has 4 rings (SSSR count). The summed E-state index contributed by atoms with van der Waals surface area (Å²) in [7, 11) is 1.28. The van der Waals surface area contributed by atoms with Crippen molar-refractivity contribution < 1.29 is 18.7 Å². The van der Waals surface area contributed by atoms with Gasteiger partial charge in [-0.25, -0.2) is 13.9 Å². The van der Waals surface area contributed by atoms with E-state index in [0.717, 1.165) is 10.9 Å². The molecule has 0 aliphatic carbocycles. The summed E-state index contributed by atoms with van der Waals surface area (Å²) in [5, 5.41) is 7.84. The van der Waals surface area contributed by atoms with Gasteiger partial charge in [-0.15, -0.1) is 0 Å². The standard InChI is InChI=1S/C26H25FN4O3/c1-17(18-6-4-3-5-7-18)12-23(32)14-21-13-19-15-29-31(22-10-8-20(27)9-11-22)25(19)24(30-21)16-28-26(33)34-2/h3-11,13,15,17H,12,14,16H2,1-2H3,(H,28,33)/t17-/m0/s1. The average molecular weight is 461 g/mol. The van der Waals surface area contributed by atoms with Gasteiger partial charge in [0.05, 0.1) is 36.7 Å². The third-order valence-corrected chi connectivity index (χ3v) is 5.61. The Hall–Kier alpha value is -4.07. The molecule has 2 aromatic heterocycles. The molecule has 4 aromatic rings. The number of benzene rings is 2. The molecule has 1 amide bonds. The summed E-state index contributed by atoms with van der Waals surface area (Å²) in [4.78, 5) is 29.2. The molecule has 2 aromatic carbocycles. The summed E-state index contributed by atoms with van der Waals surface area (Å²) >= 11 is 0. The Kier molecular flexibility index (Phi) is 6.96. The van der Waals surface area contributed by atoms with E-state index in [9.17, 15) is 14.0 Å². The molecule has 0 spiro atoms. The van der Waals surface area contributed by atoms with Gasteiger partial charge < -0.3 is 10.1 Å². The molecule has 0 radical (unpaired) electrons. The number of rotatable bonds is 8. The molecule has 0 fully saturated rings. The van der Waals surface area contributed by atoms with E-state index in [-0.39, 0.29) is 30.5 Å². The minimum Gasteiger partial charge on any atom is -0.453 e. The maximum absolute atomic E-state index is 13.4. The quantitative estimate of drug-likeness (QED) is 0.411. The number of halogens is 1. The second kappa shape index (κ2) is 10.2. The van der Waals surface area contributed by atoms with Gasteiger partial charge in [-0.3, -0.25) is 9.78 Å². The van der Waals surface area contributed by atoms with Crippen LogP contribution in [0.15, 0.2) is 66.9 Å². The Morgan fingerprint density at radius 3 is 2.56 bits per heavy atom. The van der Waals surface area contributed by atoms with Crippen molar-refractivity contribution in [2.24, 2.45) is 0 Å². The second-order valence-electron chi connectivity index (χ2n) is 8.11. The van der Waals surface area contributed by atoms with Gasteiger partial charge in [0.25, 0.3) is 0 Å². The minimum atomic E-state index is -0.596. The number of carbonyl (C=O) groups is 2. The number of nitrogens with one attached hydrogen (secondary N) is 1. The lowest BCUT2D eigenvalue weighted by atomic mass is 9.94. The lowest BCUT2D eigenvalue weighted by molar-refractivity contribution is -0.118. The van der Waals surface area contributed by atoms with Crippen LogP contribution in [0.3, 0.4) is 0 Å². The lowest BCUT2D eigenvalue weighted by Crippen LogP contribution is -2.23. The third-order valence-electron chi connectivity index (χ3n) is 5.61. The van der Waals surface area contributed by atoms with Crippen LogP contribution in [0, 0.1) is 5.82 Å². The van der Waals surface area contributed by atoms with Gasteiger partial charge in [0.2, 0.25) is 0 Å². The van der Waals surface area contributed by atoms with Crippen LogP contribution in [-0.4, -0.2) is 33.8 Å². The fourth-order valence-electron chi connectivity index (χ4n) is 3.93. The number of hydrogen-bond donors (Lipinski definition) is 1. The van der Waals surface area contributed by atoms with Gasteiger partial charge in [0.15, 0.2) is 0 Å². The van der Waals surface area contributed by atoms with Crippen molar-refractivity contribution in [3.05, 3.63) is 89.6 Å². The number of methoxy groups -OCH3 is 1. The molecular formula is C26H25FN4O3. The number of alkyl carbamates (subject to hydrolysis) is 1. The Balaban J connectivity index is 1.63. The fourth-order valence-corrected chi connectivity index (χ4v) is 3.93. The van der Waals surface area contributed by atoms with E-state index >= 15 is 0 Å². The molecule has 0 unspecified atom stereocenters. The SMILES string of the molecule is COC(=O)NCc1nc(CC(=O)C[C@H](C)c2ccccc2)cc2cnn(-c3ccc(F)cc3)c12. The summed E-state index contributed by atoms with van der Waals surface area (Å²) < 4.78 is 19.7. The molecule has 7 nitrogen and oxygen atoms in total. The molecule has 34 heavy (non-hydrogen) atoms. The molecule has 1 N–H and O–H groups in total. The van der Waals surface area contributed by atoms with Crippen LogP contribution in [0.2, 0.25) is 0 Å². The molecule has 174 valence electrons. The minimum absolute atomic E-state index is 0.0704. The summed E-state index contributed by atoms with van der Waals surface area (Å²) in [5.41, 5.74) is 3.56. The Morgan fingerprint density at radius 1 is 1.12 bits per heavy atom. The van der Waals surface area contributed by atoms with Crippen molar-refractivity contribution in [3.63, 3.8) is 0 Å². The molecule has 0 aliphatic rings. The van der Waals surface area contributed by atoms with Gasteiger partial charge in [0.1, 0.15) is 11.6 Å². The zero-order chi connectivity index (χ0) is 24.1. The maximum atomic E-state index is 13.4. The number of carbonyl (C=O) groups excluding carboxylic acids is 2. The first kappa shape index (κ1) is 23.1. The summed E-state index contributed by atoms with van der Waals surface area (Å²) in [5.74, 6) is -0.184. The van der Waals surface area contributed by atoms with Crippen molar-refractivity contribution in [1.82, 2.24) is 20.1 Å².